The van der Waals surface area contributed by atoms with Crippen LogP contribution in [0.2, 0.25) is 0 Å². The van der Waals surface area contributed by atoms with Crippen LogP contribution in [0.1, 0.15) is 18.1 Å². The third-order valence-electron chi connectivity index (χ3n) is 2.04. The average molecular weight is 166 g/mol. The average Bonchev–Trinajstić information content (AvgIpc) is 2.05. The number of rotatable bonds is 2. The van der Waals surface area contributed by atoms with E-state index in [0.717, 1.165) is 11.1 Å². The molecule has 0 heterocycles. The maximum Gasteiger partial charge on any atom is 0.189 e. The van der Waals surface area contributed by atoms with Crippen LogP contribution in [0.4, 0.5) is 0 Å². The van der Waals surface area contributed by atoms with Crippen molar-refractivity contribution in [2.24, 2.45) is 0 Å². The van der Waals surface area contributed by atoms with Gasteiger partial charge in [-0.05, 0) is 19.4 Å². The summed E-state index contributed by atoms with van der Waals surface area (Å²) >= 11 is 0. The Bertz CT molecular complexity index is 266. The van der Waals surface area contributed by atoms with Crippen LogP contribution in [0.15, 0.2) is 24.3 Å². The van der Waals surface area contributed by atoms with E-state index in [1.165, 1.54) is 7.11 Å². The summed E-state index contributed by atoms with van der Waals surface area (Å²) in [5, 5.41) is 9.75. The summed E-state index contributed by atoms with van der Waals surface area (Å²) in [6.07, 6.45) is 0. The Morgan fingerprint density at radius 2 is 1.92 bits per heavy atom. The largest absolute Gasteiger partial charge is 0.362 e. The Balaban J connectivity index is 3.10. The highest BCUT2D eigenvalue weighted by molar-refractivity contribution is 5.28. The van der Waals surface area contributed by atoms with Crippen LogP contribution in [0, 0.1) is 6.92 Å². The zero-order valence-electron chi connectivity index (χ0n) is 7.66. The number of hydrogen-bond acceptors (Lipinski definition) is 2. The van der Waals surface area contributed by atoms with Crippen molar-refractivity contribution >= 4 is 0 Å². The van der Waals surface area contributed by atoms with Gasteiger partial charge in [0.25, 0.3) is 0 Å². The minimum Gasteiger partial charge on any atom is -0.362 e. The monoisotopic (exact) mass is 166 g/mol. The molecular formula is C10H14O2. The SMILES string of the molecule is COC(C)(O)c1ccccc1C. The molecule has 0 spiro atoms. The quantitative estimate of drug-likeness (QED) is 0.679. The lowest BCUT2D eigenvalue weighted by molar-refractivity contribution is -0.179. The van der Waals surface area contributed by atoms with Gasteiger partial charge in [0.1, 0.15) is 0 Å². The van der Waals surface area contributed by atoms with Crippen LogP contribution in [0.3, 0.4) is 0 Å². The molecule has 1 rings (SSSR count). The zero-order chi connectivity index (χ0) is 9.19. The first kappa shape index (κ1) is 9.23. The highest BCUT2D eigenvalue weighted by atomic mass is 16.6. The Hall–Kier alpha value is -0.860. The van der Waals surface area contributed by atoms with E-state index in [1.807, 2.05) is 31.2 Å². The molecule has 0 fully saturated rings. The summed E-state index contributed by atoms with van der Waals surface area (Å²) < 4.78 is 4.96. The second kappa shape index (κ2) is 3.25. The van der Waals surface area contributed by atoms with E-state index in [1.54, 1.807) is 6.92 Å². The minimum atomic E-state index is -1.18. The first-order valence-corrected chi connectivity index (χ1v) is 3.91. The molecule has 1 atom stereocenters. The van der Waals surface area contributed by atoms with Crippen LogP contribution < -0.4 is 0 Å². The Morgan fingerprint density at radius 3 is 2.42 bits per heavy atom. The molecule has 2 nitrogen and oxygen atoms in total. The van der Waals surface area contributed by atoms with Gasteiger partial charge in [0.05, 0.1) is 0 Å². The molecule has 1 aromatic carbocycles. The van der Waals surface area contributed by atoms with Gasteiger partial charge in [-0.1, -0.05) is 24.3 Å². The lowest BCUT2D eigenvalue weighted by atomic mass is 10.0. The first-order valence-electron chi connectivity index (χ1n) is 3.91. The highest BCUT2D eigenvalue weighted by Gasteiger charge is 2.23. The zero-order valence-corrected chi connectivity index (χ0v) is 7.66. The number of aryl methyl sites for hydroxylation is 1. The first-order chi connectivity index (χ1) is 5.58. The molecule has 66 valence electrons. The van der Waals surface area contributed by atoms with Gasteiger partial charge in [0, 0.05) is 12.7 Å². The van der Waals surface area contributed by atoms with Crippen LogP contribution in [0.5, 0.6) is 0 Å². The molecule has 0 aromatic heterocycles. The molecule has 0 aliphatic rings. The predicted molar refractivity (Wildman–Crippen MR) is 47.8 cm³/mol. The van der Waals surface area contributed by atoms with Crippen molar-refractivity contribution < 1.29 is 9.84 Å². The number of benzene rings is 1. The van der Waals surface area contributed by atoms with Gasteiger partial charge in [-0.25, -0.2) is 0 Å². The summed E-state index contributed by atoms with van der Waals surface area (Å²) in [5.41, 5.74) is 1.84. The maximum atomic E-state index is 9.75. The Kier molecular flexibility index (Phi) is 2.50. The van der Waals surface area contributed by atoms with Gasteiger partial charge in [0.2, 0.25) is 0 Å². The van der Waals surface area contributed by atoms with Gasteiger partial charge in [0.15, 0.2) is 5.79 Å². The standard InChI is InChI=1S/C10H14O2/c1-8-6-4-5-7-9(8)10(2,11)12-3/h4-7,11H,1-3H3. The molecule has 2 heteroatoms. The van der Waals surface area contributed by atoms with E-state index < -0.39 is 5.79 Å². The van der Waals surface area contributed by atoms with Crippen molar-refractivity contribution in [1.29, 1.82) is 0 Å². The number of hydrogen-bond donors (Lipinski definition) is 1. The van der Waals surface area contributed by atoms with Gasteiger partial charge >= 0.3 is 0 Å². The van der Waals surface area contributed by atoms with Crippen molar-refractivity contribution in [3.8, 4) is 0 Å². The fourth-order valence-corrected chi connectivity index (χ4v) is 1.20. The molecule has 0 aliphatic carbocycles. The Morgan fingerprint density at radius 1 is 1.33 bits per heavy atom. The number of methoxy groups -OCH3 is 1. The predicted octanol–water partition coefficient (Wildman–Crippen LogP) is 1.81. The van der Waals surface area contributed by atoms with Crippen molar-refractivity contribution in [2.45, 2.75) is 19.6 Å². The number of aliphatic hydroxyl groups is 1. The van der Waals surface area contributed by atoms with E-state index in [2.05, 4.69) is 0 Å². The normalized spacial score (nSPS) is 15.7. The lowest BCUT2D eigenvalue weighted by Crippen LogP contribution is -2.24. The molecule has 0 saturated carbocycles. The number of ether oxygens (including phenoxy) is 1. The van der Waals surface area contributed by atoms with E-state index >= 15 is 0 Å². The molecule has 0 radical (unpaired) electrons. The smallest absolute Gasteiger partial charge is 0.189 e. The van der Waals surface area contributed by atoms with E-state index in [-0.39, 0.29) is 0 Å². The van der Waals surface area contributed by atoms with Crippen molar-refractivity contribution in [3.63, 3.8) is 0 Å². The summed E-state index contributed by atoms with van der Waals surface area (Å²) in [6, 6.07) is 7.63. The lowest BCUT2D eigenvalue weighted by Gasteiger charge is -2.23. The maximum absolute atomic E-state index is 9.75. The van der Waals surface area contributed by atoms with Gasteiger partial charge in [-0.3, -0.25) is 0 Å². The highest BCUT2D eigenvalue weighted by Crippen LogP contribution is 2.23. The topological polar surface area (TPSA) is 29.5 Å². The van der Waals surface area contributed by atoms with Gasteiger partial charge in [-0.2, -0.15) is 0 Å². The molecular weight excluding hydrogens is 152 g/mol. The fraction of sp³-hybridized carbons (Fsp3) is 0.400. The van der Waals surface area contributed by atoms with Crippen molar-refractivity contribution in [1.82, 2.24) is 0 Å². The molecule has 0 aliphatic heterocycles. The van der Waals surface area contributed by atoms with Crippen molar-refractivity contribution in [2.75, 3.05) is 7.11 Å². The van der Waals surface area contributed by atoms with Crippen LogP contribution in [0.25, 0.3) is 0 Å². The molecule has 0 amide bonds. The van der Waals surface area contributed by atoms with Gasteiger partial charge in [-0.15, -0.1) is 0 Å². The van der Waals surface area contributed by atoms with Crippen LogP contribution >= 0.6 is 0 Å². The van der Waals surface area contributed by atoms with E-state index in [9.17, 15) is 5.11 Å². The molecule has 1 unspecified atom stereocenters. The van der Waals surface area contributed by atoms with E-state index in [4.69, 9.17) is 4.74 Å². The van der Waals surface area contributed by atoms with Crippen molar-refractivity contribution in [3.05, 3.63) is 35.4 Å². The van der Waals surface area contributed by atoms with Crippen LogP contribution in [-0.2, 0) is 10.5 Å². The third-order valence-corrected chi connectivity index (χ3v) is 2.04. The molecule has 0 bridgehead atoms. The van der Waals surface area contributed by atoms with Crippen LogP contribution in [-0.4, -0.2) is 12.2 Å². The summed E-state index contributed by atoms with van der Waals surface area (Å²) in [4.78, 5) is 0. The fourth-order valence-electron chi connectivity index (χ4n) is 1.20. The summed E-state index contributed by atoms with van der Waals surface area (Å²) in [5.74, 6) is -1.18. The molecule has 12 heavy (non-hydrogen) atoms. The van der Waals surface area contributed by atoms with Gasteiger partial charge < -0.3 is 9.84 Å². The molecule has 1 N–H and O–H groups in total. The third kappa shape index (κ3) is 1.65. The molecule has 1 aromatic rings. The molecule has 0 saturated heterocycles. The summed E-state index contributed by atoms with van der Waals surface area (Å²) in [6.45, 7) is 3.58. The summed E-state index contributed by atoms with van der Waals surface area (Å²) in [7, 11) is 1.49. The second-order valence-electron chi connectivity index (χ2n) is 3.00. The Labute approximate surface area is 72.8 Å². The second-order valence-corrected chi connectivity index (χ2v) is 3.00. The van der Waals surface area contributed by atoms with E-state index in [0.29, 0.717) is 0 Å². The minimum absolute atomic E-state index is 0.813.